The highest BCUT2D eigenvalue weighted by Crippen LogP contribution is 2.29. The zero-order chi connectivity index (χ0) is 17.6. The van der Waals surface area contributed by atoms with E-state index in [1.807, 2.05) is 37.3 Å². The Morgan fingerprint density at radius 1 is 1.04 bits per heavy atom. The third-order valence-corrected chi connectivity index (χ3v) is 3.43. The van der Waals surface area contributed by atoms with Crippen LogP contribution in [0.4, 0.5) is 15.9 Å². The Kier molecular flexibility index (Phi) is 5.20. The molecule has 0 aliphatic carbocycles. The zero-order valence-corrected chi connectivity index (χ0v) is 14.0. The van der Waals surface area contributed by atoms with Crippen molar-refractivity contribution >= 4 is 11.5 Å². The highest BCUT2D eigenvalue weighted by molar-refractivity contribution is 5.66. The minimum absolute atomic E-state index is 0.142. The molecule has 0 spiro atoms. The molecule has 0 radical (unpaired) electrons. The summed E-state index contributed by atoms with van der Waals surface area (Å²) in [5, 5.41) is 3.16. The van der Waals surface area contributed by atoms with Gasteiger partial charge in [0.25, 0.3) is 0 Å². The molecule has 128 valence electrons. The molecule has 0 bridgehead atoms. The van der Waals surface area contributed by atoms with Crippen molar-refractivity contribution in [1.29, 1.82) is 0 Å². The number of aromatic nitrogens is 2. The molecule has 1 aromatic heterocycles. The molecule has 6 heteroatoms. The third kappa shape index (κ3) is 4.30. The van der Waals surface area contributed by atoms with Gasteiger partial charge in [-0.25, -0.2) is 14.4 Å². The molecule has 0 unspecified atom stereocenters. The second kappa shape index (κ2) is 7.72. The fraction of sp³-hybridized carbons (Fsp3) is 0.158. The van der Waals surface area contributed by atoms with E-state index in [-0.39, 0.29) is 12.6 Å². The first-order valence-corrected chi connectivity index (χ1v) is 7.75. The van der Waals surface area contributed by atoms with Gasteiger partial charge in [-0.15, -0.1) is 0 Å². The maximum absolute atomic E-state index is 13.0. The standard InChI is InChI=1S/C19H18FN3O2/c1-13-11-18(22-15-9-7-14(20)8-10-15)23-19(21-13)16-5-3-4-6-17(16)25-12-24-2/h3-11H,12H2,1-2H3,(H,21,22,23). The second-order valence-electron chi connectivity index (χ2n) is 5.40. The normalized spacial score (nSPS) is 10.5. The average Bonchev–Trinajstić information content (AvgIpc) is 2.62. The van der Waals surface area contributed by atoms with Gasteiger partial charge in [0.15, 0.2) is 12.6 Å². The van der Waals surface area contributed by atoms with Crippen LogP contribution >= 0.6 is 0 Å². The first kappa shape index (κ1) is 16.9. The number of halogens is 1. The molecule has 0 aliphatic heterocycles. The van der Waals surface area contributed by atoms with Crippen LogP contribution in [-0.4, -0.2) is 23.9 Å². The predicted molar refractivity (Wildman–Crippen MR) is 94.4 cm³/mol. The SMILES string of the molecule is COCOc1ccccc1-c1nc(C)cc(Nc2ccc(F)cc2)n1. The number of nitrogens with one attached hydrogen (secondary N) is 1. The van der Waals surface area contributed by atoms with Crippen molar-refractivity contribution < 1.29 is 13.9 Å². The molecule has 0 atom stereocenters. The van der Waals surface area contributed by atoms with Gasteiger partial charge in [-0.05, 0) is 43.3 Å². The van der Waals surface area contributed by atoms with Crippen LogP contribution in [0.25, 0.3) is 11.4 Å². The van der Waals surface area contributed by atoms with Crippen LogP contribution in [0.1, 0.15) is 5.69 Å². The molecule has 0 saturated carbocycles. The lowest BCUT2D eigenvalue weighted by Gasteiger charge is -2.12. The van der Waals surface area contributed by atoms with E-state index in [2.05, 4.69) is 15.3 Å². The van der Waals surface area contributed by atoms with Crippen molar-refractivity contribution in [3.05, 3.63) is 66.1 Å². The molecule has 1 heterocycles. The average molecular weight is 339 g/mol. The molecular formula is C19H18FN3O2. The Labute approximate surface area is 145 Å². The van der Waals surface area contributed by atoms with Crippen LogP contribution in [0, 0.1) is 12.7 Å². The number of rotatable bonds is 6. The van der Waals surface area contributed by atoms with E-state index >= 15 is 0 Å². The summed E-state index contributed by atoms with van der Waals surface area (Å²) in [7, 11) is 1.57. The van der Waals surface area contributed by atoms with Crippen molar-refractivity contribution in [2.75, 3.05) is 19.2 Å². The first-order valence-electron chi connectivity index (χ1n) is 7.75. The highest BCUT2D eigenvalue weighted by atomic mass is 19.1. The first-order chi connectivity index (χ1) is 12.2. The third-order valence-electron chi connectivity index (χ3n) is 3.43. The van der Waals surface area contributed by atoms with Gasteiger partial charge in [0.1, 0.15) is 17.4 Å². The van der Waals surface area contributed by atoms with Crippen molar-refractivity contribution in [2.45, 2.75) is 6.92 Å². The summed E-state index contributed by atoms with van der Waals surface area (Å²) >= 11 is 0. The maximum atomic E-state index is 13.0. The van der Waals surface area contributed by atoms with Crippen molar-refractivity contribution in [3.8, 4) is 17.1 Å². The number of nitrogens with zero attached hydrogens (tertiary/aromatic N) is 2. The van der Waals surface area contributed by atoms with E-state index in [1.54, 1.807) is 19.2 Å². The van der Waals surface area contributed by atoms with Gasteiger partial charge in [-0.2, -0.15) is 0 Å². The predicted octanol–water partition coefficient (Wildman–Crippen LogP) is 4.32. The lowest BCUT2D eigenvalue weighted by Crippen LogP contribution is -2.03. The molecule has 2 aromatic carbocycles. The second-order valence-corrected chi connectivity index (χ2v) is 5.40. The lowest BCUT2D eigenvalue weighted by atomic mass is 10.2. The highest BCUT2D eigenvalue weighted by Gasteiger charge is 2.11. The number of para-hydroxylation sites is 1. The van der Waals surface area contributed by atoms with E-state index in [4.69, 9.17) is 9.47 Å². The smallest absolute Gasteiger partial charge is 0.188 e. The molecule has 0 saturated heterocycles. The van der Waals surface area contributed by atoms with E-state index in [9.17, 15) is 4.39 Å². The van der Waals surface area contributed by atoms with Gasteiger partial charge >= 0.3 is 0 Å². The van der Waals surface area contributed by atoms with Gasteiger partial charge < -0.3 is 14.8 Å². The number of hydrogen-bond acceptors (Lipinski definition) is 5. The molecule has 0 amide bonds. The van der Waals surface area contributed by atoms with Crippen LogP contribution in [0.15, 0.2) is 54.6 Å². The Hall–Kier alpha value is -2.99. The molecule has 5 nitrogen and oxygen atoms in total. The van der Waals surface area contributed by atoms with Crippen LogP contribution in [0.3, 0.4) is 0 Å². The summed E-state index contributed by atoms with van der Waals surface area (Å²) in [6.45, 7) is 2.03. The monoisotopic (exact) mass is 339 g/mol. The number of anilines is 2. The number of aryl methyl sites for hydroxylation is 1. The minimum atomic E-state index is -0.283. The summed E-state index contributed by atoms with van der Waals surface area (Å²) in [5.74, 6) is 1.52. The van der Waals surface area contributed by atoms with Crippen molar-refractivity contribution in [2.24, 2.45) is 0 Å². The topological polar surface area (TPSA) is 56.3 Å². The van der Waals surface area contributed by atoms with Crippen LogP contribution < -0.4 is 10.1 Å². The van der Waals surface area contributed by atoms with Gasteiger partial charge in [0.05, 0.1) is 5.56 Å². The Balaban J connectivity index is 1.93. The fourth-order valence-electron chi connectivity index (χ4n) is 2.33. The Bertz CT molecular complexity index is 854. The molecular weight excluding hydrogens is 321 g/mol. The summed E-state index contributed by atoms with van der Waals surface area (Å²) in [6, 6.07) is 15.4. The number of methoxy groups -OCH3 is 1. The summed E-state index contributed by atoms with van der Waals surface area (Å²) in [5.41, 5.74) is 2.32. The minimum Gasteiger partial charge on any atom is -0.467 e. The number of hydrogen-bond donors (Lipinski definition) is 1. The molecule has 0 fully saturated rings. The van der Waals surface area contributed by atoms with E-state index in [0.29, 0.717) is 17.4 Å². The Morgan fingerprint density at radius 3 is 2.56 bits per heavy atom. The molecule has 3 rings (SSSR count). The van der Waals surface area contributed by atoms with Gasteiger partial charge in [-0.1, -0.05) is 12.1 Å². The fourth-order valence-corrected chi connectivity index (χ4v) is 2.33. The zero-order valence-electron chi connectivity index (χ0n) is 14.0. The van der Waals surface area contributed by atoms with Gasteiger partial charge in [-0.3, -0.25) is 0 Å². The van der Waals surface area contributed by atoms with E-state index in [0.717, 1.165) is 16.9 Å². The molecule has 1 N–H and O–H groups in total. The van der Waals surface area contributed by atoms with E-state index in [1.165, 1.54) is 12.1 Å². The molecule has 3 aromatic rings. The van der Waals surface area contributed by atoms with Crippen molar-refractivity contribution in [1.82, 2.24) is 9.97 Å². The van der Waals surface area contributed by atoms with Gasteiger partial charge in [0.2, 0.25) is 0 Å². The number of benzene rings is 2. The van der Waals surface area contributed by atoms with Crippen LogP contribution in [0.2, 0.25) is 0 Å². The van der Waals surface area contributed by atoms with Gasteiger partial charge in [0, 0.05) is 24.6 Å². The number of ether oxygens (including phenoxy) is 2. The maximum Gasteiger partial charge on any atom is 0.188 e. The van der Waals surface area contributed by atoms with Crippen LogP contribution in [-0.2, 0) is 4.74 Å². The quantitative estimate of drug-likeness (QED) is 0.678. The summed E-state index contributed by atoms with van der Waals surface area (Å²) in [4.78, 5) is 9.05. The van der Waals surface area contributed by atoms with Crippen LogP contribution in [0.5, 0.6) is 5.75 Å². The van der Waals surface area contributed by atoms with E-state index < -0.39 is 0 Å². The summed E-state index contributed by atoms with van der Waals surface area (Å²) in [6.07, 6.45) is 0. The molecule has 0 aliphatic rings. The molecule has 25 heavy (non-hydrogen) atoms. The Morgan fingerprint density at radius 2 is 1.80 bits per heavy atom. The summed E-state index contributed by atoms with van der Waals surface area (Å²) < 4.78 is 23.6. The lowest BCUT2D eigenvalue weighted by molar-refractivity contribution is 0.0515. The van der Waals surface area contributed by atoms with Crippen molar-refractivity contribution in [3.63, 3.8) is 0 Å². The largest absolute Gasteiger partial charge is 0.467 e.